The zero-order chi connectivity index (χ0) is 14.6. The molecule has 1 aromatic rings. The van der Waals surface area contributed by atoms with Gasteiger partial charge in [0.2, 0.25) is 0 Å². The van der Waals surface area contributed by atoms with Crippen LogP contribution in [0.3, 0.4) is 0 Å². The molecule has 1 aromatic carbocycles. The molecule has 0 amide bonds. The molecule has 4 heteroatoms. The summed E-state index contributed by atoms with van der Waals surface area (Å²) in [4.78, 5) is 2.77. The molecule has 4 nitrogen and oxygen atoms in total. The molecule has 0 saturated heterocycles. The first-order valence-electron chi connectivity index (χ1n) is 7.31. The average molecular weight is 273 g/mol. The Bertz CT molecular complexity index is 475. The highest BCUT2D eigenvalue weighted by Crippen LogP contribution is 2.38. The second kappa shape index (κ2) is 6.19. The molecule has 1 aliphatic carbocycles. The van der Waals surface area contributed by atoms with Crippen molar-refractivity contribution < 1.29 is 4.74 Å². The first-order chi connectivity index (χ1) is 9.49. The Morgan fingerprint density at radius 1 is 1.10 bits per heavy atom. The third kappa shape index (κ3) is 3.91. The predicted molar refractivity (Wildman–Crippen MR) is 81.1 cm³/mol. The van der Waals surface area contributed by atoms with E-state index >= 15 is 0 Å². The number of ether oxygens (including phenoxy) is 1. The SMILES string of the molecule is CC(C)(C)C1CCC(Oc2ccc(N=[N+]=[N-])cc2)CC1. The molecular weight excluding hydrogens is 250 g/mol. The van der Waals surface area contributed by atoms with Crippen molar-refractivity contribution >= 4 is 5.69 Å². The lowest BCUT2D eigenvalue weighted by atomic mass is 9.72. The number of azide groups is 1. The van der Waals surface area contributed by atoms with Gasteiger partial charge in [-0.2, -0.15) is 0 Å². The molecule has 1 saturated carbocycles. The predicted octanol–water partition coefficient (Wildman–Crippen LogP) is 5.61. The van der Waals surface area contributed by atoms with Crippen molar-refractivity contribution in [1.29, 1.82) is 0 Å². The largest absolute Gasteiger partial charge is 0.490 e. The summed E-state index contributed by atoms with van der Waals surface area (Å²) in [7, 11) is 0. The van der Waals surface area contributed by atoms with E-state index in [1.807, 2.05) is 12.1 Å². The molecule has 0 bridgehead atoms. The molecular formula is C16H23N3O. The molecule has 1 fully saturated rings. The second-order valence-electron chi connectivity index (χ2n) is 6.64. The van der Waals surface area contributed by atoms with E-state index in [-0.39, 0.29) is 0 Å². The lowest BCUT2D eigenvalue weighted by Gasteiger charge is -2.36. The Labute approximate surface area is 120 Å². The van der Waals surface area contributed by atoms with Crippen molar-refractivity contribution in [3.05, 3.63) is 34.7 Å². The Hall–Kier alpha value is -1.67. The summed E-state index contributed by atoms with van der Waals surface area (Å²) >= 11 is 0. The molecule has 0 radical (unpaired) electrons. The summed E-state index contributed by atoms with van der Waals surface area (Å²) in [5.41, 5.74) is 9.39. The maximum absolute atomic E-state index is 8.37. The Morgan fingerprint density at radius 3 is 2.20 bits per heavy atom. The van der Waals surface area contributed by atoms with Gasteiger partial charge in [0.05, 0.1) is 6.10 Å². The molecule has 0 heterocycles. The molecule has 0 unspecified atom stereocenters. The molecule has 2 rings (SSSR count). The van der Waals surface area contributed by atoms with Gasteiger partial charge in [-0.3, -0.25) is 0 Å². The van der Waals surface area contributed by atoms with Crippen LogP contribution in [0.2, 0.25) is 0 Å². The Balaban J connectivity index is 1.88. The zero-order valence-electron chi connectivity index (χ0n) is 12.5. The summed E-state index contributed by atoms with van der Waals surface area (Å²) in [5.74, 6) is 1.66. The summed E-state index contributed by atoms with van der Waals surface area (Å²) in [5, 5.41) is 3.56. The van der Waals surface area contributed by atoms with E-state index in [1.165, 1.54) is 12.8 Å². The Kier molecular flexibility index (Phi) is 4.56. The number of rotatable bonds is 3. The maximum Gasteiger partial charge on any atom is 0.119 e. The van der Waals surface area contributed by atoms with Crippen molar-refractivity contribution in [3.63, 3.8) is 0 Å². The third-order valence-electron chi connectivity index (χ3n) is 4.20. The fourth-order valence-electron chi connectivity index (χ4n) is 2.88. The third-order valence-corrected chi connectivity index (χ3v) is 4.20. The van der Waals surface area contributed by atoms with Gasteiger partial charge >= 0.3 is 0 Å². The molecule has 0 N–H and O–H groups in total. The van der Waals surface area contributed by atoms with Crippen LogP contribution in [-0.2, 0) is 0 Å². The van der Waals surface area contributed by atoms with Crippen LogP contribution in [-0.4, -0.2) is 6.10 Å². The molecule has 0 atom stereocenters. The van der Waals surface area contributed by atoms with Gasteiger partial charge in [0, 0.05) is 10.6 Å². The van der Waals surface area contributed by atoms with E-state index in [1.54, 1.807) is 12.1 Å². The van der Waals surface area contributed by atoms with Crippen LogP contribution < -0.4 is 4.74 Å². The summed E-state index contributed by atoms with van der Waals surface area (Å²) in [6.07, 6.45) is 5.05. The quantitative estimate of drug-likeness (QED) is 0.401. The van der Waals surface area contributed by atoms with Crippen LogP contribution in [0, 0.1) is 11.3 Å². The van der Waals surface area contributed by atoms with Crippen LogP contribution >= 0.6 is 0 Å². The van der Waals surface area contributed by atoms with E-state index in [4.69, 9.17) is 10.3 Å². The van der Waals surface area contributed by atoms with Gasteiger partial charge < -0.3 is 4.74 Å². The average Bonchev–Trinajstić information content (AvgIpc) is 2.41. The fraction of sp³-hybridized carbons (Fsp3) is 0.625. The van der Waals surface area contributed by atoms with E-state index in [0.29, 0.717) is 17.2 Å². The number of hydrogen-bond donors (Lipinski definition) is 0. The number of nitrogens with zero attached hydrogens (tertiary/aromatic N) is 3. The van der Waals surface area contributed by atoms with E-state index in [0.717, 1.165) is 24.5 Å². The van der Waals surface area contributed by atoms with E-state index < -0.39 is 0 Å². The van der Waals surface area contributed by atoms with Crippen LogP contribution in [0.5, 0.6) is 5.75 Å². The first-order valence-corrected chi connectivity index (χ1v) is 7.31. The molecule has 0 spiro atoms. The summed E-state index contributed by atoms with van der Waals surface area (Å²) < 4.78 is 6.01. The highest BCUT2D eigenvalue weighted by Gasteiger charge is 2.30. The van der Waals surface area contributed by atoms with Crippen molar-refractivity contribution in [3.8, 4) is 5.75 Å². The topological polar surface area (TPSA) is 58.0 Å². The molecule has 1 aliphatic rings. The van der Waals surface area contributed by atoms with Crippen LogP contribution in [0.15, 0.2) is 29.4 Å². The first kappa shape index (κ1) is 14.7. The molecule has 0 aromatic heterocycles. The minimum Gasteiger partial charge on any atom is -0.490 e. The van der Waals surface area contributed by atoms with Gasteiger partial charge in [-0.05, 0) is 66.8 Å². The Morgan fingerprint density at radius 2 is 1.70 bits per heavy atom. The lowest BCUT2D eigenvalue weighted by molar-refractivity contribution is 0.0882. The second-order valence-corrected chi connectivity index (χ2v) is 6.64. The minimum atomic E-state index is 0.318. The van der Waals surface area contributed by atoms with Gasteiger partial charge in [0.15, 0.2) is 0 Å². The van der Waals surface area contributed by atoms with Gasteiger partial charge in [0.1, 0.15) is 5.75 Å². The minimum absolute atomic E-state index is 0.318. The van der Waals surface area contributed by atoms with Crippen LogP contribution in [0.25, 0.3) is 10.4 Å². The van der Waals surface area contributed by atoms with Crippen LogP contribution in [0.4, 0.5) is 5.69 Å². The van der Waals surface area contributed by atoms with Crippen molar-refractivity contribution in [2.24, 2.45) is 16.4 Å². The van der Waals surface area contributed by atoms with Crippen molar-refractivity contribution in [1.82, 2.24) is 0 Å². The van der Waals surface area contributed by atoms with Gasteiger partial charge in [-0.15, -0.1) is 0 Å². The maximum atomic E-state index is 8.37. The number of benzene rings is 1. The van der Waals surface area contributed by atoms with Crippen molar-refractivity contribution in [2.45, 2.75) is 52.6 Å². The monoisotopic (exact) mass is 273 g/mol. The number of hydrogen-bond acceptors (Lipinski definition) is 2. The van der Waals surface area contributed by atoms with Gasteiger partial charge in [-0.25, -0.2) is 0 Å². The highest BCUT2D eigenvalue weighted by atomic mass is 16.5. The standard InChI is InChI=1S/C16H23N3O/c1-16(2,3)12-4-8-14(9-5-12)20-15-10-6-13(7-11-15)18-19-17/h6-7,10-12,14H,4-5,8-9H2,1-3H3. The normalized spacial score (nSPS) is 22.9. The van der Waals surface area contributed by atoms with Gasteiger partial charge in [0.25, 0.3) is 0 Å². The van der Waals surface area contributed by atoms with Crippen molar-refractivity contribution in [2.75, 3.05) is 0 Å². The highest BCUT2D eigenvalue weighted by molar-refractivity contribution is 5.41. The fourth-order valence-corrected chi connectivity index (χ4v) is 2.88. The molecule has 108 valence electrons. The molecule has 0 aliphatic heterocycles. The zero-order valence-corrected chi connectivity index (χ0v) is 12.5. The summed E-state index contributed by atoms with van der Waals surface area (Å²) in [6, 6.07) is 7.32. The smallest absolute Gasteiger partial charge is 0.119 e. The molecule has 20 heavy (non-hydrogen) atoms. The van der Waals surface area contributed by atoms with Crippen LogP contribution in [0.1, 0.15) is 46.5 Å². The van der Waals surface area contributed by atoms with E-state index in [9.17, 15) is 0 Å². The van der Waals surface area contributed by atoms with Gasteiger partial charge in [-0.1, -0.05) is 25.9 Å². The lowest BCUT2D eigenvalue weighted by Crippen LogP contribution is -2.30. The van der Waals surface area contributed by atoms with E-state index in [2.05, 4.69) is 30.8 Å². The summed E-state index contributed by atoms with van der Waals surface area (Å²) in [6.45, 7) is 6.98.